The highest BCUT2D eigenvalue weighted by Gasteiger charge is 2.31. The van der Waals surface area contributed by atoms with Gasteiger partial charge in [-0.2, -0.15) is 13.2 Å². The number of hydrogen-bond acceptors (Lipinski definition) is 4. The SMILES string of the molecule is COC(=O)CCCCCNC(=O)Cn1cc(C(F)(F)F)ccc1=O. The fourth-order valence-corrected chi connectivity index (χ4v) is 1.93. The first-order chi connectivity index (χ1) is 11.2. The summed E-state index contributed by atoms with van der Waals surface area (Å²) in [5, 5.41) is 2.52. The number of halogens is 3. The van der Waals surface area contributed by atoms with Gasteiger partial charge in [0, 0.05) is 25.2 Å². The summed E-state index contributed by atoms with van der Waals surface area (Å²) in [4.78, 5) is 34.1. The third kappa shape index (κ3) is 6.84. The second kappa shape index (κ2) is 9.09. The summed E-state index contributed by atoms with van der Waals surface area (Å²) in [7, 11) is 1.30. The van der Waals surface area contributed by atoms with E-state index in [0.29, 0.717) is 44.5 Å². The molecule has 0 saturated heterocycles. The van der Waals surface area contributed by atoms with Gasteiger partial charge < -0.3 is 14.6 Å². The van der Waals surface area contributed by atoms with Gasteiger partial charge in [-0.1, -0.05) is 6.42 Å². The first kappa shape index (κ1) is 19.7. The van der Waals surface area contributed by atoms with Gasteiger partial charge in [0.2, 0.25) is 5.91 Å². The molecule has 1 aromatic heterocycles. The monoisotopic (exact) mass is 348 g/mol. The molecule has 134 valence electrons. The fourth-order valence-electron chi connectivity index (χ4n) is 1.93. The van der Waals surface area contributed by atoms with Gasteiger partial charge in [0.1, 0.15) is 6.54 Å². The zero-order chi connectivity index (χ0) is 18.2. The van der Waals surface area contributed by atoms with Crippen molar-refractivity contribution < 1.29 is 27.5 Å². The third-order valence-corrected chi connectivity index (χ3v) is 3.23. The molecule has 1 amide bonds. The van der Waals surface area contributed by atoms with Crippen molar-refractivity contribution in [1.29, 1.82) is 0 Å². The Morgan fingerprint density at radius 1 is 1.21 bits per heavy atom. The van der Waals surface area contributed by atoms with Gasteiger partial charge >= 0.3 is 12.1 Å². The van der Waals surface area contributed by atoms with E-state index in [0.717, 1.165) is 10.6 Å². The van der Waals surface area contributed by atoms with Crippen LogP contribution in [0, 0.1) is 0 Å². The van der Waals surface area contributed by atoms with Crippen molar-refractivity contribution in [3.8, 4) is 0 Å². The van der Waals surface area contributed by atoms with E-state index in [2.05, 4.69) is 10.1 Å². The van der Waals surface area contributed by atoms with E-state index in [4.69, 9.17) is 0 Å². The lowest BCUT2D eigenvalue weighted by Gasteiger charge is -2.11. The first-order valence-corrected chi connectivity index (χ1v) is 7.35. The number of esters is 1. The molecule has 0 aliphatic heterocycles. The van der Waals surface area contributed by atoms with Gasteiger partial charge in [0.15, 0.2) is 0 Å². The van der Waals surface area contributed by atoms with E-state index in [1.54, 1.807) is 0 Å². The molecule has 1 rings (SSSR count). The molecule has 0 bridgehead atoms. The zero-order valence-electron chi connectivity index (χ0n) is 13.2. The molecule has 0 aliphatic rings. The van der Waals surface area contributed by atoms with Crippen LogP contribution in [0.1, 0.15) is 31.2 Å². The van der Waals surface area contributed by atoms with Crippen molar-refractivity contribution in [3.05, 3.63) is 34.2 Å². The van der Waals surface area contributed by atoms with Crippen LogP contribution in [0.2, 0.25) is 0 Å². The summed E-state index contributed by atoms with van der Waals surface area (Å²) < 4.78 is 43.0. The Hall–Kier alpha value is -2.32. The van der Waals surface area contributed by atoms with E-state index < -0.39 is 29.8 Å². The number of hydrogen-bond donors (Lipinski definition) is 1. The highest BCUT2D eigenvalue weighted by molar-refractivity contribution is 5.75. The summed E-state index contributed by atoms with van der Waals surface area (Å²) in [6.07, 6.45) is -1.73. The van der Waals surface area contributed by atoms with Gasteiger partial charge in [-0.25, -0.2) is 0 Å². The Kier molecular flexibility index (Phi) is 7.47. The summed E-state index contributed by atoms with van der Waals surface area (Å²) in [6, 6.07) is 1.46. The second-order valence-corrected chi connectivity index (χ2v) is 5.12. The van der Waals surface area contributed by atoms with E-state index in [9.17, 15) is 27.6 Å². The lowest BCUT2D eigenvalue weighted by molar-refractivity contribution is -0.141. The normalized spacial score (nSPS) is 11.2. The smallest absolute Gasteiger partial charge is 0.417 e. The third-order valence-electron chi connectivity index (χ3n) is 3.23. The maximum Gasteiger partial charge on any atom is 0.417 e. The number of ether oxygens (including phenoxy) is 1. The van der Waals surface area contributed by atoms with Crippen molar-refractivity contribution in [2.24, 2.45) is 0 Å². The molecule has 1 aromatic rings. The minimum absolute atomic E-state index is 0.296. The van der Waals surface area contributed by atoms with Crippen LogP contribution in [0.3, 0.4) is 0 Å². The fraction of sp³-hybridized carbons (Fsp3) is 0.533. The van der Waals surface area contributed by atoms with Crippen molar-refractivity contribution >= 4 is 11.9 Å². The predicted octanol–water partition coefficient (Wildman–Crippen LogP) is 1.72. The van der Waals surface area contributed by atoms with Crippen LogP contribution in [0.25, 0.3) is 0 Å². The molecule has 24 heavy (non-hydrogen) atoms. The predicted molar refractivity (Wildman–Crippen MR) is 79.2 cm³/mol. The standard InChI is InChI=1S/C15H19F3N2O4/c1-24-14(23)5-3-2-4-8-19-12(21)10-20-9-11(15(16,17)18)6-7-13(20)22/h6-7,9H,2-5,8,10H2,1H3,(H,19,21). The summed E-state index contributed by atoms with van der Waals surface area (Å²) in [6.45, 7) is -0.168. The summed E-state index contributed by atoms with van der Waals surface area (Å²) in [5.41, 5.74) is -1.67. The number of pyridine rings is 1. The number of carbonyl (C=O) groups excluding carboxylic acids is 2. The average Bonchev–Trinajstić information content (AvgIpc) is 2.51. The maximum atomic E-state index is 12.6. The molecule has 0 atom stereocenters. The number of methoxy groups -OCH3 is 1. The number of amides is 1. The second-order valence-electron chi connectivity index (χ2n) is 5.12. The van der Waals surface area contributed by atoms with Crippen molar-refractivity contribution in [3.63, 3.8) is 0 Å². The minimum Gasteiger partial charge on any atom is -0.469 e. The molecule has 0 aromatic carbocycles. The molecule has 1 heterocycles. The van der Waals surface area contributed by atoms with E-state index in [1.807, 2.05) is 0 Å². The van der Waals surface area contributed by atoms with Gasteiger partial charge in [-0.15, -0.1) is 0 Å². The Morgan fingerprint density at radius 3 is 2.54 bits per heavy atom. The lowest BCUT2D eigenvalue weighted by Crippen LogP contribution is -2.33. The number of nitrogens with one attached hydrogen (secondary N) is 1. The highest BCUT2D eigenvalue weighted by Crippen LogP contribution is 2.27. The molecule has 0 aliphatic carbocycles. The molecular weight excluding hydrogens is 329 g/mol. The Balaban J connectivity index is 2.40. The molecule has 0 saturated carbocycles. The van der Waals surface area contributed by atoms with Gasteiger partial charge in [-0.3, -0.25) is 14.4 Å². The number of rotatable bonds is 8. The molecule has 0 fully saturated rings. The first-order valence-electron chi connectivity index (χ1n) is 7.35. The van der Waals surface area contributed by atoms with E-state index in [-0.39, 0.29) is 5.97 Å². The molecule has 0 unspecified atom stereocenters. The number of aromatic nitrogens is 1. The van der Waals surface area contributed by atoms with Crippen LogP contribution in [-0.2, 0) is 27.0 Å². The number of carbonyl (C=O) groups is 2. The molecule has 0 radical (unpaired) electrons. The van der Waals surface area contributed by atoms with E-state index in [1.165, 1.54) is 7.11 Å². The van der Waals surface area contributed by atoms with Crippen LogP contribution in [0.4, 0.5) is 13.2 Å². The molecule has 0 spiro atoms. The number of unbranched alkanes of at least 4 members (excludes halogenated alkanes) is 2. The van der Waals surface area contributed by atoms with Gasteiger partial charge in [0.25, 0.3) is 5.56 Å². The largest absolute Gasteiger partial charge is 0.469 e. The van der Waals surface area contributed by atoms with Crippen LogP contribution >= 0.6 is 0 Å². The zero-order valence-corrected chi connectivity index (χ0v) is 13.2. The Bertz CT molecular complexity index is 626. The number of alkyl halides is 3. The summed E-state index contributed by atoms with van der Waals surface area (Å²) >= 11 is 0. The van der Waals surface area contributed by atoms with Crippen LogP contribution in [-0.4, -0.2) is 30.1 Å². The number of nitrogens with zero attached hydrogens (tertiary/aromatic N) is 1. The highest BCUT2D eigenvalue weighted by atomic mass is 19.4. The van der Waals surface area contributed by atoms with Crippen molar-refractivity contribution in [2.75, 3.05) is 13.7 Å². The molecule has 1 N–H and O–H groups in total. The minimum atomic E-state index is -4.58. The van der Waals surface area contributed by atoms with Crippen molar-refractivity contribution in [1.82, 2.24) is 9.88 Å². The van der Waals surface area contributed by atoms with Crippen LogP contribution in [0.5, 0.6) is 0 Å². The summed E-state index contributed by atoms with van der Waals surface area (Å²) in [5.74, 6) is -0.854. The van der Waals surface area contributed by atoms with Crippen molar-refractivity contribution in [2.45, 2.75) is 38.4 Å². The van der Waals surface area contributed by atoms with Crippen LogP contribution < -0.4 is 10.9 Å². The Morgan fingerprint density at radius 2 is 1.92 bits per heavy atom. The molecule has 9 heteroatoms. The maximum absolute atomic E-state index is 12.6. The topological polar surface area (TPSA) is 77.4 Å². The quantitative estimate of drug-likeness (QED) is 0.573. The molecular formula is C15H19F3N2O4. The van der Waals surface area contributed by atoms with Gasteiger partial charge in [-0.05, 0) is 18.9 Å². The van der Waals surface area contributed by atoms with E-state index >= 15 is 0 Å². The average molecular weight is 348 g/mol. The van der Waals surface area contributed by atoms with Crippen LogP contribution in [0.15, 0.2) is 23.1 Å². The Labute approximate surface area is 136 Å². The lowest BCUT2D eigenvalue weighted by atomic mass is 10.2. The molecule has 6 nitrogen and oxygen atoms in total. The van der Waals surface area contributed by atoms with Gasteiger partial charge in [0.05, 0.1) is 12.7 Å².